The molecule has 27 heavy (non-hydrogen) atoms. The molecule has 0 aromatic carbocycles. The highest BCUT2D eigenvalue weighted by Crippen LogP contribution is 2.19. The second kappa shape index (κ2) is 8.63. The van der Waals surface area contributed by atoms with Crippen LogP contribution in [0.1, 0.15) is 23.2 Å². The van der Waals surface area contributed by atoms with Crippen LogP contribution in [0.5, 0.6) is 0 Å². The van der Waals surface area contributed by atoms with Crippen molar-refractivity contribution in [2.75, 3.05) is 38.7 Å². The Morgan fingerprint density at radius 3 is 2.93 bits per heavy atom. The van der Waals surface area contributed by atoms with Crippen molar-refractivity contribution in [1.82, 2.24) is 25.2 Å². The summed E-state index contributed by atoms with van der Waals surface area (Å²) in [5.74, 6) is 0.355. The first-order valence-electron chi connectivity index (χ1n) is 8.91. The van der Waals surface area contributed by atoms with Gasteiger partial charge in [-0.25, -0.2) is 9.97 Å². The summed E-state index contributed by atoms with van der Waals surface area (Å²) in [6.07, 6.45) is 6.23. The number of nitrogens with zero attached hydrogens (tertiary/aromatic N) is 3. The van der Waals surface area contributed by atoms with E-state index in [0.717, 1.165) is 12.8 Å². The van der Waals surface area contributed by atoms with E-state index in [1.807, 2.05) is 0 Å². The molecular formula is C18H24N6O3. The summed E-state index contributed by atoms with van der Waals surface area (Å²) in [5.41, 5.74) is 1.53. The van der Waals surface area contributed by atoms with E-state index in [1.54, 1.807) is 24.4 Å². The van der Waals surface area contributed by atoms with Crippen LogP contribution in [0.3, 0.4) is 0 Å². The van der Waals surface area contributed by atoms with Crippen molar-refractivity contribution >= 4 is 28.8 Å². The number of ether oxygens (including phenoxy) is 1. The molecule has 0 saturated carbocycles. The summed E-state index contributed by atoms with van der Waals surface area (Å²) < 4.78 is 4.94. The molecule has 144 valence electrons. The summed E-state index contributed by atoms with van der Waals surface area (Å²) in [6.45, 7) is 5.75. The standard InChI is InChI=1S/C18H24N6O3/c1-3-15(25)24-7-4-12(5-8-24)22-14-11-21-17-16(23-14)13(10-20-17)18(26)19-6-9-27-2/h3,10-12H,1,4-9H2,2H3,(H,19,26)(H,20,21)(H,22,23). The van der Waals surface area contributed by atoms with Crippen LogP contribution in [-0.2, 0) is 9.53 Å². The molecule has 0 radical (unpaired) electrons. The van der Waals surface area contributed by atoms with E-state index in [9.17, 15) is 9.59 Å². The van der Waals surface area contributed by atoms with E-state index >= 15 is 0 Å². The number of H-pyrrole nitrogens is 1. The van der Waals surface area contributed by atoms with E-state index in [4.69, 9.17) is 4.74 Å². The highest BCUT2D eigenvalue weighted by molar-refractivity contribution is 6.04. The molecule has 3 N–H and O–H groups in total. The van der Waals surface area contributed by atoms with Crippen molar-refractivity contribution < 1.29 is 14.3 Å². The quantitative estimate of drug-likeness (QED) is 0.492. The molecule has 2 aromatic heterocycles. The molecule has 1 fully saturated rings. The molecule has 0 spiro atoms. The molecule has 3 heterocycles. The summed E-state index contributed by atoms with van der Waals surface area (Å²) in [5, 5.41) is 6.14. The lowest BCUT2D eigenvalue weighted by Gasteiger charge is -2.31. The number of amides is 2. The van der Waals surface area contributed by atoms with Crippen molar-refractivity contribution in [3.8, 4) is 0 Å². The number of methoxy groups -OCH3 is 1. The number of aromatic amines is 1. The van der Waals surface area contributed by atoms with Gasteiger partial charge in [0.15, 0.2) is 5.65 Å². The topological polar surface area (TPSA) is 112 Å². The first-order valence-corrected chi connectivity index (χ1v) is 8.91. The number of aromatic nitrogens is 3. The molecule has 3 rings (SSSR count). The maximum atomic E-state index is 12.3. The Hall–Kier alpha value is -2.94. The number of fused-ring (bicyclic) bond motifs is 1. The molecule has 1 aliphatic heterocycles. The van der Waals surface area contributed by atoms with E-state index < -0.39 is 0 Å². The number of carbonyl (C=O) groups is 2. The highest BCUT2D eigenvalue weighted by atomic mass is 16.5. The molecule has 9 heteroatoms. The fraction of sp³-hybridized carbons (Fsp3) is 0.444. The van der Waals surface area contributed by atoms with Crippen LogP contribution in [0.15, 0.2) is 25.0 Å². The van der Waals surface area contributed by atoms with Crippen molar-refractivity contribution in [2.24, 2.45) is 0 Å². The molecule has 1 aliphatic rings. The maximum absolute atomic E-state index is 12.3. The first-order chi connectivity index (χ1) is 13.1. The van der Waals surface area contributed by atoms with Gasteiger partial charge >= 0.3 is 0 Å². The van der Waals surface area contributed by atoms with Crippen LogP contribution < -0.4 is 10.6 Å². The zero-order chi connectivity index (χ0) is 19.2. The number of rotatable bonds is 7. The molecule has 0 bridgehead atoms. The first kappa shape index (κ1) is 18.8. The normalized spacial score (nSPS) is 14.9. The third kappa shape index (κ3) is 4.43. The largest absolute Gasteiger partial charge is 0.383 e. The zero-order valence-electron chi connectivity index (χ0n) is 15.3. The smallest absolute Gasteiger partial charge is 0.255 e. The van der Waals surface area contributed by atoms with Crippen LogP contribution in [0.25, 0.3) is 11.2 Å². The Bertz CT molecular complexity index is 826. The Kier molecular flexibility index (Phi) is 6.02. The predicted octanol–water partition coefficient (Wildman–Crippen LogP) is 0.923. The Morgan fingerprint density at radius 2 is 2.22 bits per heavy atom. The van der Waals surface area contributed by atoms with Crippen molar-refractivity contribution in [3.05, 3.63) is 30.6 Å². The zero-order valence-corrected chi connectivity index (χ0v) is 15.3. The predicted molar refractivity (Wildman–Crippen MR) is 102 cm³/mol. The van der Waals surface area contributed by atoms with E-state index in [1.165, 1.54) is 6.08 Å². The Morgan fingerprint density at radius 1 is 1.44 bits per heavy atom. The number of piperidine rings is 1. The van der Waals surface area contributed by atoms with Crippen LogP contribution in [-0.4, -0.2) is 71.1 Å². The SMILES string of the molecule is C=CC(=O)N1CCC(Nc2cnc3[nH]cc(C(=O)NCCOC)c3n2)CC1. The third-order valence-corrected chi connectivity index (χ3v) is 4.55. The van der Waals surface area contributed by atoms with Gasteiger partial charge < -0.3 is 25.3 Å². The van der Waals surface area contributed by atoms with Crippen LogP contribution in [0.2, 0.25) is 0 Å². The highest BCUT2D eigenvalue weighted by Gasteiger charge is 2.22. The monoisotopic (exact) mass is 372 g/mol. The number of hydrogen-bond acceptors (Lipinski definition) is 6. The fourth-order valence-corrected chi connectivity index (χ4v) is 3.08. The average molecular weight is 372 g/mol. The Balaban J connectivity index is 1.66. The van der Waals surface area contributed by atoms with Crippen molar-refractivity contribution in [2.45, 2.75) is 18.9 Å². The molecular weight excluding hydrogens is 348 g/mol. The van der Waals surface area contributed by atoms with Gasteiger partial charge in [-0.1, -0.05) is 6.58 Å². The van der Waals surface area contributed by atoms with Gasteiger partial charge in [0, 0.05) is 39.0 Å². The fourth-order valence-electron chi connectivity index (χ4n) is 3.08. The van der Waals surface area contributed by atoms with Crippen molar-refractivity contribution in [3.63, 3.8) is 0 Å². The maximum Gasteiger partial charge on any atom is 0.255 e. The van der Waals surface area contributed by atoms with Crippen molar-refractivity contribution in [1.29, 1.82) is 0 Å². The summed E-state index contributed by atoms with van der Waals surface area (Å²) in [7, 11) is 1.58. The number of nitrogens with one attached hydrogen (secondary N) is 3. The lowest BCUT2D eigenvalue weighted by atomic mass is 10.1. The van der Waals surface area contributed by atoms with Gasteiger partial charge in [0.2, 0.25) is 5.91 Å². The summed E-state index contributed by atoms with van der Waals surface area (Å²) >= 11 is 0. The summed E-state index contributed by atoms with van der Waals surface area (Å²) in [4.78, 5) is 37.6. The molecule has 2 aromatic rings. The van der Waals surface area contributed by atoms with Crippen LogP contribution in [0, 0.1) is 0 Å². The number of likely N-dealkylation sites (tertiary alicyclic amines) is 1. The minimum atomic E-state index is -0.221. The minimum Gasteiger partial charge on any atom is -0.383 e. The van der Waals surface area contributed by atoms with Gasteiger partial charge in [-0.05, 0) is 18.9 Å². The summed E-state index contributed by atoms with van der Waals surface area (Å²) in [6, 6.07) is 0.198. The second-order valence-electron chi connectivity index (χ2n) is 6.35. The van der Waals surface area contributed by atoms with E-state index in [2.05, 4.69) is 32.2 Å². The molecule has 0 unspecified atom stereocenters. The molecule has 0 aliphatic carbocycles. The van der Waals surface area contributed by atoms with Crippen LogP contribution in [0.4, 0.5) is 5.82 Å². The van der Waals surface area contributed by atoms with Gasteiger partial charge in [-0.15, -0.1) is 0 Å². The molecule has 2 amide bonds. The number of hydrogen-bond donors (Lipinski definition) is 3. The minimum absolute atomic E-state index is 0.0360. The van der Waals surface area contributed by atoms with Gasteiger partial charge in [0.1, 0.15) is 11.3 Å². The molecule has 9 nitrogen and oxygen atoms in total. The number of carbonyl (C=O) groups excluding carboxylic acids is 2. The van der Waals surface area contributed by atoms with Gasteiger partial charge in [-0.2, -0.15) is 0 Å². The van der Waals surface area contributed by atoms with Gasteiger partial charge in [0.05, 0.1) is 18.4 Å². The molecule has 0 atom stereocenters. The average Bonchev–Trinajstić information content (AvgIpc) is 3.11. The number of anilines is 1. The van der Waals surface area contributed by atoms with Crippen LogP contribution >= 0.6 is 0 Å². The van der Waals surface area contributed by atoms with E-state index in [-0.39, 0.29) is 17.9 Å². The Labute approximate surface area is 157 Å². The second-order valence-corrected chi connectivity index (χ2v) is 6.35. The van der Waals surface area contributed by atoms with Gasteiger partial charge in [0.25, 0.3) is 5.91 Å². The third-order valence-electron chi connectivity index (χ3n) is 4.55. The van der Waals surface area contributed by atoms with Gasteiger partial charge in [-0.3, -0.25) is 9.59 Å². The lowest BCUT2D eigenvalue weighted by molar-refractivity contribution is -0.126. The molecule has 1 saturated heterocycles. The van der Waals surface area contributed by atoms with E-state index in [0.29, 0.717) is 48.8 Å². The lowest BCUT2D eigenvalue weighted by Crippen LogP contribution is -2.41.